The summed E-state index contributed by atoms with van der Waals surface area (Å²) in [4.78, 5) is 9.19. The van der Waals surface area contributed by atoms with Crippen LogP contribution in [0.5, 0.6) is 0 Å². The third kappa shape index (κ3) is 4.17. The van der Waals surface area contributed by atoms with E-state index in [9.17, 15) is 4.79 Å². The van der Waals surface area contributed by atoms with Gasteiger partial charge in [-0.15, -0.1) is 0 Å². The van der Waals surface area contributed by atoms with E-state index in [-0.39, 0.29) is 4.77 Å². The second-order valence-electron chi connectivity index (χ2n) is 0.450. The summed E-state index contributed by atoms with van der Waals surface area (Å²) in [7, 11) is 1.99. The first-order valence-electron chi connectivity index (χ1n) is 0.932. The van der Waals surface area contributed by atoms with E-state index in [1.54, 1.807) is 0 Å². The molecule has 0 N–H and O–H groups in total. The van der Waals surface area contributed by atoms with Crippen LogP contribution in [0.15, 0.2) is 4.77 Å². The van der Waals surface area contributed by atoms with E-state index in [4.69, 9.17) is 11.6 Å². The van der Waals surface area contributed by atoms with Crippen molar-refractivity contribution in [1.29, 1.82) is 0 Å². The summed E-state index contributed by atoms with van der Waals surface area (Å²) in [6, 6.07) is 0. The molecule has 0 bridgehead atoms. The molecule has 0 radical (unpaired) electrons. The quantitative estimate of drug-likeness (QED) is 0.331. The normalized spacial score (nSPS) is 6.00. The Balaban J connectivity index is 3.60. The fraction of sp³-hybridized carbons (Fsp3) is 0. The predicted octanol–water partition coefficient (Wildman–Crippen LogP) is 0.773. The maximum Gasteiger partial charge on any atom is 0.144 e. The molecule has 0 rings (SSSR count). The van der Waals surface area contributed by atoms with Crippen molar-refractivity contribution >= 4 is 26.8 Å². The van der Waals surface area contributed by atoms with Gasteiger partial charge in [0.15, 0.2) is 0 Å². The topological polar surface area (TPSA) is 17.1 Å². The van der Waals surface area contributed by atoms with Gasteiger partial charge in [-0.25, -0.2) is 4.79 Å². The molecular weight excluding hydrogens is 106 g/mol. The third-order valence-corrected chi connectivity index (χ3v) is 0.293. The van der Waals surface area contributed by atoms with Gasteiger partial charge in [-0.05, 0) is 0 Å². The molecule has 0 fully saturated rings. The fourth-order valence-electron chi connectivity index (χ4n) is 0. The van der Waals surface area contributed by atoms with E-state index < -0.39 is 0 Å². The minimum atomic E-state index is 0.0880. The van der Waals surface area contributed by atoms with Crippen molar-refractivity contribution in [3.05, 3.63) is 4.77 Å². The molecule has 0 aromatic rings. The highest BCUT2D eigenvalue weighted by Crippen LogP contribution is 2.02. The monoisotopic (exact) mass is 108 g/mol. The summed E-state index contributed by atoms with van der Waals surface area (Å²) in [5.74, 6) is 1.42. The van der Waals surface area contributed by atoms with Crippen LogP contribution < -0.4 is 0 Å². The van der Waals surface area contributed by atoms with Crippen LogP contribution in [0.1, 0.15) is 0 Å². The van der Waals surface area contributed by atoms with Crippen molar-refractivity contribution < 1.29 is 4.79 Å². The number of hydrogen-bond donors (Lipinski definition) is 0. The minimum absolute atomic E-state index is 0.0880. The largest absolute Gasteiger partial charge is 0.232 e. The first kappa shape index (κ1) is 5.17. The summed E-state index contributed by atoms with van der Waals surface area (Å²) >= 11 is 4.92. The Labute approximate surface area is 37.2 Å². The van der Waals surface area contributed by atoms with Crippen LogP contribution >= 0.6 is 20.8 Å². The number of halogens is 1. The minimum Gasteiger partial charge on any atom is -0.232 e. The molecule has 0 aliphatic rings. The summed E-state index contributed by atoms with van der Waals surface area (Å²) in [5.41, 5.74) is 0. The van der Waals surface area contributed by atoms with Gasteiger partial charge in [0, 0.05) is 0 Å². The molecule has 1 nitrogen and oxygen atoms in total. The van der Waals surface area contributed by atoms with Crippen LogP contribution in [0.4, 0.5) is 0 Å². The number of carbonyl (C=O) groups excluding carboxylic acids is 1. The molecule has 0 aliphatic carbocycles. The van der Waals surface area contributed by atoms with Gasteiger partial charge in [0.1, 0.15) is 10.7 Å². The molecule has 1 atom stereocenters. The van der Waals surface area contributed by atoms with Gasteiger partial charge >= 0.3 is 0 Å². The molecule has 0 amide bonds. The van der Waals surface area contributed by atoms with Crippen molar-refractivity contribution in [2.75, 3.05) is 0 Å². The summed E-state index contributed by atoms with van der Waals surface area (Å²) < 4.78 is 0.0880. The zero-order valence-corrected chi connectivity index (χ0v) is 4.27. The van der Waals surface area contributed by atoms with Gasteiger partial charge in [-0.1, -0.05) is 20.8 Å². The van der Waals surface area contributed by atoms with E-state index in [0.29, 0.717) is 0 Å². The predicted molar refractivity (Wildman–Crippen MR) is 24.8 cm³/mol. The second-order valence-corrected chi connectivity index (χ2v) is 1.80. The molecule has 0 spiro atoms. The molecule has 0 saturated heterocycles. The molecular formula is C2H2ClOP. The molecule has 3 heteroatoms. The average molecular weight is 108 g/mol. The number of rotatable bonds is 0. The Hall–Kier alpha value is 0.170. The van der Waals surface area contributed by atoms with E-state index in [0.717, 1.165) is 0 Å². The van der Waals surface area contributed by atoms with Crippen LogP contribution in [-0.2, 0) is 4.79 Å². The van der Waals surface area contributed by atoms with Crippen LogP contribution in [0, 0.1) is 0 Å². The molecule has 0 aromatic heterocycles. The van der Waals surface area contributed by atoms with Crippen molar-refractivity contribution in [3.8, 4) is 0 Å². The van der Waals surface area contributed by atoms with Crippen molar-refractivity contribution in [3.63, 3.8) is 0 Å². The highest BCUT2D eigenvalue weighted by Gasteiger charge is 1.67. The Bertz CT molecular complexity index is 69.7. The zero-order valence-electron chi connectivity index (χ0n) is 2.36. The Morgan fingerprint density at radius 3 is 2.20 bits per heavy atom. The Morgan fingerprint density at radius 2 is 2.20 bits per heavy atom. The first-order chi connectivity index (χ1) is 2.27. The standard InChI is InChI=1S/C2H2ClOP/c3-2(5)1-4/h5H2. The lowest BCUT2D eigenvalue weighted by Gasteiger charge is -1.58. The van der Waals surface area contributed by atoms with Gasteiger partial charge in [0.25, 0.3) is 0 Å². The molecule has 0 aliphatic heterocycles. The smallest absolute Gasteiger partial charge is 0.144 e. The summed E-state index contributed by atoms with van der Waals surface area (Å²) in [5, 5.41) is 0. The van der Waals surface area contributed by atoms with E-state index in [1.807, 2.05) is 9.24 Å². The molecule has 28 valence electrons. The van der Waals surface area contributed by atoms with Crippen LogP contribution in [0.3, 0.4) is 0 Å². The summed E-state index contributed by atoms with van der Waals surface area (Å²) in [6.45, 7) is 0. The first-order valence-corrected chi connectivity index (χ1v) is 1.89. The molecule has 0 heterocycles. The maximum absolute atomic E-state index is 9.19. The van der Waals surface area contributed by atoms with Gasteiger partial charge in [0.2, 0.25) is 0 Å². The third-order valence-electron chi connectivity index (χ3n) is 0.0975. The zero-order chi connectivity index (χ0) is 4.28. The number of hydrogen-bond acceptors (Lipinski definition) is 1. The van der Waals surface area contributed by atoms with Crippen molar-refractivity contribution in [2.45, 2.75) is 0 Å². The average Bonchev–Trinajstić information content (AvgIpc) is 1.38. The van der Waals surface area contributed by atoms with Crippen LogP contribution in [0.2, 0.25) is 0 Å². The molecule has 5 heavy (non-hydrogen) atoms. The Kier molecular flexibility index (Phi) is 2.49. The lowest BCUT2D eigenvalue weighted by Crippen LogP contribution is -1.42. The van der Waals surface area contributed by atoms with Gasteiger partial charge in [0.05, 0.1) is 0 Å². The summed E-state index contributed by atoms with van der Waals surface area (Å²) in [6.07, 6.45) is 0. The lowest BCUT2D eigenvalue weighted by atomic mass is 11.2. The highest BCUT2D eigenvalue weighted by molar-refractivity contribution is 7.27. The van der Waals surface area contributed by atoms with E-state index in [1.165, 1.54) is 5.94 Å². The maximum atomic E-state index is 9.19. The molecule has 0 aromatic carbocycles. The van der Waals surface area contributed by atoms with Crippen LogP contribution in [-0.4, -0.2) is 5.94 Å². The van der Waals surface area contributed by atoms with Gasteiger partial charge in [-0.2, -0.15) is 0 Å². The second kappa shape index (κ2) is 2.41. The van der Waals surface area contributed by atoms with E-state index >= 15 is 0 Å². The van der Waals surface area contributed by atoms with E-state index in [2.05, 4.69) is 0 Å². The highest BCUT2D eigenvalue weighted by atomic mass is 35.5. The van der Waals surface area contributed by atoms with Gasteiger partial charge < -0.3 is 0 Å². The Morgan fingerprint density at radius 1 is 2.00 bits per heavy atom. The fourth-order valence-corrected chi connectivity index (χ4v) is 0. The lowest BCUT2D eigenvalue weighted by molar-refractivity contribution is 0.569. The van der Waals surface area contributed by atoms with Crippen molar-refractivity contribution in [2.24, 2.45) is 0 Å². The van der Waals surface area contributed by atoms with Gasteiger partial charge in [-0.3, -0.25) is 0 Å². The SMILES string of the molecule is O=C=C(P)Cl. The molecule has 0 saturated carbocycles. The van der Waals surface area contributed by atoms with Crippen LogP contribution in [0.25, 0.3) is 0 Å². The van der Waals surface area contributed by atoms with Crippen molar-refractivity contribution in [1.82, 2.24) is 0 Å². The molecule has 1 unspecified atom stereocenters.